The quantitative estimate of drug-likeness (QED) is 0.728. The van der Waals surface area contributed by atoms with E-state index in [2.05, 4.69) is 15.3 Å². The highest BCUT2D eigenvalue weighted by molar-refractivity contribution is 7.22. The molecule has 3 rings (SSSR count). The van der Waals surface area contributed by atoms with Crippen LogP contribution in [0.4, 0.5) is 18.3 Å². The van der Waals surface area contributed by atoms with Crippen molar-refractivity contribution in [3.63, 3.8) is 0 Å². The van der Waals surface area contributed by atoms with Gasteiger partial charge < -0.3 is 0 Å². The van der Waals surface area contributed by atoms with Gasteiger partial charge in [0.1, 0.15) is 0 Å². The predicted octanol–water partition coefficient (Wildman–Crippen LogP) is 4.62. The van der Waals surface area contributed by atoms with Gasteiger partial charge in [-0.1, -0.05) is 22.9 Å². The molecule has 2 aromatic heterocycles. The van der Waals surface area contributed by atoms with Gasteiger partial charge in [0, 0.05) is 16.8 Å². The highest BCUT2D eigenvalue weighted by atomic mass is 35.5. The van der Waals surface area contributed by atoms with Crippen LogP contribution < -0.4 is 5.32 Å². The number of fused-ring (bicyclic) bond motifs is 1. The maximum atomic E-state index is 12.7. The molecule has 1 amide bonds. The number of aromatic nitrogens is 2. The second-order valence-corrected chi connectivity index (χ2v) is 5.99. The van der Waals surface area contributed by atoms with E-state index in [0.29, 0.717) is 16.8 Å². The van der Waals surface area contributed by atoms with E-state index < -0.39 is 17.6 Å². The molecule has 2 heterocycles. The van der Waals surface area contributed by atoms with Crippen LogP contribution in [0.15, 0.2) is 36.5 Å². The van der Waals surface area contributed by atoms with Crippen molar-refractivity contribution in [3.8, 4) is 0 Å². The number of nitrogens with one attached hydrogen (secondary N) is 1. The number of hydrogen-bond donors (Lipinski definition) is 1. The fourth-order valence-electron chi connectivity index (χ4n) is 1.80. The van der Waals surface area contributed by atoms with Crippen molar-refractivity contribution in [1.29, 1.82) is 0 Å². The molecule has 1 N–H and O–H groups in total. The number of benzene rings is 1. The number of halogens is 4. The first kappa shape index (κ1) is 15.7. The Morgan fingerprint density at radius 3 is 2.57 bits per heavy atom. The Morgan fingerprint density at radius 1 is 1.22 bits per heavy atom. The Morgan fingerprint density at radius 2 is 1.91 bits per heavy atom. The molecule has 0 radical (unpaired) electrons. The molecular formula is C14H7ClF3N3OS. The van der Waals surface area contributed by atoms with E-state index in [1.54, 1.807) is 12.1 Å². The lowest BCUT2D eigenvalue weighted by Gasteiger charge is -2.04. The van der Waals surface area contributed by atoms with Gasteiger partial charge in [0.25, 0.3) is 5.91 Å². The molecule has 0 saturated heterocycles. The van der Waals surface area contributed by atoms with Crippen molar-refractivity contribution in [2.24, 2.45) is 0 Å². The van der Waals surface area contributed by atoms with Crippen molar-refractivity contribution in [1.82, 2.24) is 9.97 Å². The average molecular weight is 358 g/mol. The third-order valence-electron chi connectivity index (χ3n) is 2.90. The summed E-state index contributed by atoms with van der Waals surface area (Å²) in [6, 6.07) is 7.14. The Bertz CT molecular complexity index is 877. The van der Waals surface area contributed by atoms with Crippen LogP contribution in [0, 0.1) is 0 Å². The highest BCUT2D eigenvalue weighted by Crippen LogP contribution is 2.33. The smallest absolute Gasteiger partial charge is 0.298 e. The van der Waals surface area contributed by atoms with E-state index in [0.717, 1.165) is 17.4 Å². The van der Waals surface area contributed by atoms with Gasteiger partial charge in [0.15, 0.2) is 10.8 Å². The number of carbonyl (C=O) groups is 1. The van der Waals surface area contributed by atoms with Gasteiger partial charge >= 0.3 is 6.18 Å². The van der Waals surface area contributed by atoms with E-state index in [-0.39, 0.29) is 15.5 Å². The Balaban J connectivity index is 1.86. The molecule has 0 aliphatic heterocycles. The number of rotatable bonds is 2. The fourth-order valence-corrected chi connectivity index (χ4v) is 2.78. The number of anilines is 1. The van der Waals surface area contributed by atoms with Crippen molar-refractivity contribution in [3.05, 3.63) is 52.7 Å². The molecule has 3 aromatic rings. The summed E-state index contributed by atoms with van der Waals surface area (Å²) < 4.78 is 38.2. The lowest BCUT2D eigenvalue weighted by molar-refractivity contribution is -0.137. The van der Waals surface area contributed by atoms with Crippen molar-refractivity contribution >= 4 is 44.3 Å². The van der Waals surface area contributed by atoms with Crippen LogP contribution in [0.2, 0.25) is 5.02 Å². The van der Waals surface area contributed by atoms with E-state index in [9.17, 15) is 18.0 Å². The third kappa shape index (κ3) is 3.43. The van der Waals surface area contributed by atoms with Crippen LogP contribution in [0.3, 0.4) is 0 Å². The topological polar surface area (TPSA) is 54.9 Å². The summed E-state index contributed by atoms with van der Waals surface area (Å²) in [6.07, 6.45) is -3.76. The number of nitrogens with zero attached hydrogens (tertiary/aromatic N) is 2. The van der Waals surface area contributed by atoms with Gasteiger partial charge in [0.2, 0.25) is 0 Å². The third-order valence-corrected chi connectivity index (χ3v) is 4.06. The zero-order valence-electron chi connectivity index (χ0n) is 11.2. The van der Waals surface area contributed by atoms with Crippen LogP contribution in [-0.2, 0) is 6.18 Å². The summed E-state index contributed by atoms with van der Waals surface area (Å²) in [5.74, 6) is -0.434. The summed E-state index contributed by atoms with van der Waals surface area (Å²) in [5.41, 5.74) is -0.351. The standard InChI is InChI=1S/C14H7ClF3N3OS/c15-9-3-1-7(2-4-9)12(22)21-13-20-11-10(23-13)5-8(6-19-11)14(16,17)18/h1-6H,(H,19,20,21,22). The summed E-state index contributed by atoms with van der Waals surface area (Å²) in [4.78, 5) is 19.7. The number of carbonyl (C=O) groups excluding carboxylic acids is 1. The molecule has 23 heavy (non-hydrogen) atoms. The second-order valence-electron chi connectivity index (χ2n) is 4.52. The van der Waals surface area contributed by atoms with Crippen LogP contribution in [-0.4, -0.2) is 15.9 Å². The molecular weight excluding hydrogens is 351 g/mol. The zero-order chi connectivity index (χ0) is 16.6. The monoisotopic (exact) mass is 357 g/mol. The van der Waals surface area contributed by atoms with E-state index in [4.69, 9.17) is 11.6 Å². The van der Waals surface area contributed by atoms with Crippen molar-refractivity contribution in [2.75, 3.05) is 5.32 Å². The molecule has 0 aliphatic rings. The number of pyridine rings is 1. The summed E-state index contributed by atoms with van der Waals surface area (Å²) in [6.45, 7) is 0. The van der Waals surface area contributed by atoms with Crippen LogP contribution >= 0.6 is 22.9 Å². The molecule has 0 aliphatic carbocycles. The SMILES string of the molecule is O=C(Nc1nc2ncc(C(F)(F)F)cc2s1)c1ccc(Cl)cc1. The minimum atomic E-state index is -4.47. The Labute approximate surface area is 136 Å². The van der Waals surface area contributed by atoms with Gasteiger partial charge in [-0.05, 0) is 30.3 Å². The first-order chi connectivity index (χ1) is 10.8. The van der Waals surface area contributed by atoms with Gasteiger partial charge in [-0.3, -0.25) is 10.1 Å². The van der Waals surface area contributed by atoms with E-state index in [1.807, 2.05) is 0 Å². The molecule has 0 spiro atoms. The van der Waals surface area contributed by atoms with Gasteiger partial charge in [-0.25, -0.2) is 4.98 Å². The van der Waals surface area contributed by atoms with E-state index in [1.165, 1.54) is 12.1 Å². The fraction of sp³-hybridized carbons (Fsp3) is 0.0714. The Hall–Kier alpha value is -2.19. The average Bonchev–Trinajstić information content (AvgIpc) is 2.88. The zero-order valence-corrected chi connectivity index (χ0v) is 12.8. The Kier molecular flexibility index (Phi) is 3.95. The van der Waals surface area contributed by atoms with Crippen LogP contribution in [0.1, 0.15) is 15.9 Å². The summed E-state index contributed by atoms with van der Waals surface area (Å²) in [7, 11) is 0. The number of hydrogen-bond acceptors (Lipinski definition) is 4. The molecule has 118 valence electrons. The van der Waals surface area contributed by atoms with E-state index >= 15 is 0 Å². The number of thiazole rings is 1. The predicted molar refractivity (Wildman–Crippen MR) is 81.8 cm³/mol. The van der Waals surface area contributed by atoms with Crippen molar-refractivity contribution in [2.45, 2.75) is 6.18 Å². The molecule has 0 fully saturated rings. The minimum absolute atomic E-state index is 0.148. The number of alkyl halides is 3. The highest BCUT2D eigenvalue weighted by Gasteiger charge is 2.31. The first-order valence-electron chi connectivity index (χ1n) is 6.23. The van der Waals surface area contributed by atoms with Crippen LogP contribution in [0.25, 0.3) is 10.3 Å². The molecule has 0 unspecified atom stereocenters. The molecule has 0 atom stereocenters. The van der Waals surface area contributed by atoms with Gasteiger partial charge in [-0.15, -0.1) is 0 Å². The molecule has 9 heteroatoms. The maximum Gasteiger partial charge on any atom is 0.417 e. The van der Waals surface area contributed by atoms with Crippen molar-refractivity contribution < 1.29 is 18.0 Å². The summed E-state index contributed by atoms with van der Waals surface area (Å²) in [5, 5.41) is 3.19. The number of amides is 1. The largest absolute Gasteiger partial charge is 0.417 e. The second kappa shape index (κ2) is 5.78. The minimum Gasteiger partial charge on any atom is -0.298 e. The lowest BCUT2D eigenvalue weighted by Crippen LogP contribution is -2.11. The van der Waals surface area contributed by atoms with Gasteiger partial charge in [0.05, 0.1) is 10.3 Å². The van der Waals surface area contributed by atoms with Gasteiger partial charge in [-0.2, -0.15) is 18.2 Å². The maximum absolute atomic E-state index is 12.7. The normalized spacial score (nSPS) is 11.7. The summed E-state index contributed by atoms with van der Waals surface area (Å²) >= 11 is 6.66. The van der Waals surface area contributed by atoms with Crippen LogP contribution in [0.5, 0.6) is 0 Å². The molecule has 4 nitrogen and oxygen atoms in total. The molecule has 0 bridgehead atoms. The first-order valence-corrected chi connectivity index (χ1v) is 7.43. The lowest BCUT2D eigenvalue weighted by atomic mass is 10.2. The molecule has 0 saturated carbocycles. The molecule has 1 aromatic carbocycles.